The summed E-state index contributed by atoms with van der Waals surface area (Å²) in [6.07, 6.45) is 11.1. The van der Waals surface area contributed by atoms with Crippen molar-refractivity contribution in [1.82, 2.24) is 29.5 Å². The van der Waals surface area contributed by atoms with Crippen LogP contribution < -0.4 is 11.4 Å². The first-order valence-electron chi connectivity index (χ1n) is 9.12. The van der Waals surface area contributed by atoms with Gasteiger partial charge in [0.2, 0.25) is 0 Å². The molecule has 1 aliphatic rings. The number of anilines is 1. The second-order valence-electron chi connectivity index (χ2n) is 7.06. The molecule has 0 unspecified atom stereocenters. The zero-order valence-electron chi connectivity index (χ0n) is 14.9. The SMILES string of the molecule is Cc1nc(N)c2[nH]c(=O)n(Cc3cnc(CCCC4CCC4)cn3)c2n1. The number of nitrogens with zero attached hydrogens (tertiary/aromatic N) is 5. The van der Waals surface area contributed by atoms with Crippen LogP contribution in [0, 0.1) is 12.8 Å². The number of nitrogens with one attached hydrogen (secondary N) is 1. The van der Waals surface area contributed by atoms with E-state index in [2.05, 4.69) is 24.9 Å². The van der Waals surface area contributed by atoms with Crippen molar-refractivity contribution in [2.45, 2.75) is 52.0 Å². The summed E-state index contributed by atoms with van der Waals surface area (Å²) in [6, 6.07) is 0. The third-order valence-corrected chi connectivity index (χ3v) is 5.11. The number of hydrogen-bond donors (Lipinski definition) is 2. The largest absolute Gasteiger partial charge is 0.382 e. The molecule has 3 N–H and O–H groups in total. The van der Waals surface area contributed by atoms with Crippen molar-refractivity contribution in [3.05, 3.63) is 40.1 Å². The van der Waals surface area contributed by atoms with Gasteiger partial charge in [0.25, 0.3) is 0 Å². The number of aromatic nitrogens is 6. The predicted molar refractivity (Wildman–Crippen MR) is 98.7 cm³/mol. The van der Waals surface area contributed by atoms with E-state index in [4.69, 9.17) is 5.73 Å². The summed E-state index contributed by atoms with van der Waals surface area (Å²) in [5.74, 6) is 1.72. The number of hydrogen-bond acceptors (Lipinski definition) is 6. The summed E-state index contributed by atoms with van der Waals surface area (Å²) in [6.45, 7) is 2.04. The van der Waals surface area contributed by atoms with Crippen LogP contribution in [-0.4, -0.2) is 29.5 Å². The molecule has 3 aromatic heterocycles. The molecule has 0 amide bonds. The molecule has 1 fully saturated rings. The molecule has 136 valence electrons. The fraction of sp³-hybridized carbons (Fsp3) is 0.500. The van der Waals surface area contributed by atoms with Gasteiger partial charge in [-0.2, -0.15) is 0 Å². The van der Waals surface area contributed by atoms with E-state index in [1.54, 1.807) is 13.1 Å². The smallest absolute Gasteiger partial charge is 0.328 e. The van der Waals surface area contributed by atoms with Crippen LogP contribution in [0.3, 0.4) is 0 Å². The van der Waals surface area contributed by atoms with Gasteiger partial charge in [-0.25, -0.2) is 14.8 Å². The van der Waals surface area contributed by atoms with Crippen LogP contribution >= 0.6 is 0 Å². The van der Waals surface area contributed by atoms with Crippen LogP contribution in [0.2, 0.25) is 0 Å². The first kappa shape index (κ1) is 16.7. The van der Waals surface area contributed by atoms with Crippen molar-refractivity contribution >= 4 is 17.0 Å². The average Bonchev–Trinajstić information content (AvgIpc) is 2.88. The number of nitrogen functional groups attached to an aromatic ring is 1. The second-order valence-corrected chi connectivity index (χ2v) is 7.06. The van der Waals surface area contributed by atoms with Crippen molar-refractivity contribution in [3.63, 3.8) is 0 Å². The Morgan fingerprint density at radius 1 is 1.23 bits per heavy atom. The van der Waals surface area contributed by atoms with Crippen LogP contribution in [-0.2, 0) is 13.0 Å². The van der Waals surface area contributed by atoms with Crippen LogP contribution in [0.4, 0.5) is 5.82 Å². The van der Waals surface area contributed by atoms with Crippen molar-refractivity contribution in [1.29, 1.82) is 0 Å². The normalized spacial score (nSPS) is 14.7. The molecule has 0 bridgehead atoms. The first-order valence-corrected chi connectivity index (χ1v) is 9.12. The third kappa shape index (κ3) is 3.31. The lowest BCUT2D eigenvalue weighted by atomic mass is 9.82. The van der Waals surface area contributed by atoms with Gasteiger partial charge in [0.1, 0.15) is 11.3 Å². The van der Waals surface area contributed by atoms with Crippen LogP contribution in [0.15, 0.2) is 17.2 Å². The minimum atomic E-state index is -0.280. The van der Waals surface area contributed by atoms with Crippen LogP contribution in [0.1, 0.15) is 49.3 Å². The Labute approximate surface area is 150 Å². The highest BCUT2D eigenvalue weighted by Crippen LogP contribution is 2.30. The number of aryl methyl sites for hydroxylation is 2. The lowest BCUT2D eigenvalue weighted by Gasteiger charge is -2.24. The van der Waals surface area contributed by atoms with Crippen molar-refractivity contribution in [2.24, 2.45) is 5.92 Å². The van der Waals surface area contributed by atoms with Gasteiger partial charge in [0.15, 0.2) is 11.5 Å². The van der Waals surface area contributed by atoms with Crippen molar-refractivity contribution in [2.75, 3.05) is 5.73 Å². The molecule has 8 nitrogen and oxygen atoms in total. The maximum Gasteiger partial charge on any atom is 0.328 e. The van der Waals surface area contributed by atoms with Gasteiger partial charge in [-0.15, -0.1) is 0 Å². The van der Waals surface area contributed by atoms with Gasteiger partial charge in [-0.1, -0.05) is 25.7 Å². The summed E-state index contributed by atoms with van der Waals surface area (Å²) in [7, 11) is 0. The lowest BCUT2D eigenvalue weighted by molar-refractivity contribution is 0.289. The topological polar surface area (TPSA) is 115 Å². The fourth-order valence-electron chi connectivity index (χ4n) is 3.42. The van der Waals surface area contributed by atoms with Gasteiger partial charge in [0, 0.05) is 6.20 Å². The molecule has 0 spiro atoms. The van der Waals surface area contributed by atoms with Gasteiger partial charge in [-0.05, 0) is 25.7 Å². The molecule has 26 heavy (non-hydrogen) atoms. The Balaban J connectivity index is 1.48. The molecule has 0 radical (unpaired) electrons. The predicted octanol–water partition coefficient (Wildman–Crippen LogP) is 1.97. The van der Waals surface area contributed by atoms with Gasteiger partial charge in [0.05, 0.1) is 24.1 Å². The maximum absolute atomic E-state index is 12.2. The van der Waals surface area contributed by atoms with Gasteiger partial charge < -0.3 is 10.7 Å². The van der Waals surface area contributed by atoms with Crippen LogP contribution in [0.5, 0.6) is 0 Å². The second kappa shape index (κ2) is 6.86. The molecule has 0 aliphatic heterocycles. The fourth-order valence-corrected chi connectivity index (χ4v) is 3.42. The molecule has 0 aromatic carbocycles. The molecule has 3 aromatic rings. The Morgan fingerprint density at radius 2 is 2.00 bits per heavy atom. The van der Waals surface area contributed by atoms with Gasteiger partial charge >= 0.3 is 5.69 Å². The highest BCUT2D eigenvalue weighted by molar-refractivity contribution is 5.81. The number of nitrogens with two attached hydrogens (primary N) is 1. The number of H-pyrrole nitrogens is 1. The number of aromatic amines is 1. The quantitative estimate of drug-likeness (QED) is 0.700. The minimum Gasteiger partial charge on any atom is -0.382 e. The number of imidazole rings is 1. The summed E-state index contributed by atoms with van der Waals surface area (Å²) < 4.78 is 1.51. The zero-order valence-corrected chi connectivity index (χ0v) is 14.9. The first-order chi connectivity index (χ1) is 12.6. The molecule has 0 saturated heterocycles. The highest BCUT2D eigenvalue weighted by Gasteiger charge is 2.17. The molecule has 1 aliphatic carbocycles. The van der Waals surface area contributed by atoms with Crippen molar-refractivity contribution < 1.29 is 0 Å². The molecule has 0 atom stereocenters. The Bertz CT molecular complexity index is 970. The highest BCUT2D eigenvalue weighted by atomic mass is 16.1. The van der Waals surface area contributed by atoms with E-state index in [0.717, 1.165) is 24.5 Å². The van der Waals surface area contributed by atoms with E-state index in [1.807, 2.05) is 6.20 Å². The maximum atomic E-state index is 12.2. The summed E-state index contributed by atoms with van der Waals surface area (Å²) in [5.41, 5.74) is 8.26. The van der Waals surface area contributed by atoms with E-state index in [1.165, 1.54) is 30.3 Å². The summed E-state index contributed by atoms with van der Waals surface area (Å²) in [5, 5.41) is 0. The monoisotopic (exact) mass is 353 g/mol. The molecule has 3 heterocycles. The molecular weight excluding hydrogens is 330 g/mol. The Kier molecular flexibility index (Phi) is 4.40. The van der Waals surface area contributed by atoms with E-state index in [0.29, 0.717) is 29.2 Å². The Hall–Kier alpha value is -2.77. The third-order valence-electron chi connectivity index (χ3n) is 5.11. The van der Waals surface area contributed by atoms with Crippen molar-refractivity contribution in [3.8, 4) is 0 Å². The van der Waals surface area contributed by atoms with E-state index >= 15 is 0 Å². The number of fused-ring (bicyclic) bond motifs is 1. The van der Waals surface area contributed by atoms with Crippen LogP contribution in [0.25, 0.3) is 11.2 Å². The molecule has 8 heteroatoms. The van der Waals surface area contributed by atoms with E-state index in [9.17, 15) is 4.79 Å². The molecule has 4 rings (SSSR count). The average molecular weight is 353 g/mol. The number of rotatable bonds is 6. The van der Waals surface area contributed by atoms with E-state index < -0.39 is 0 Å². The zero-order chi connectivity index (χ0) is 18.1. The molecular formula is C18H23N7O. The standard InChI is InChI=1S/C18H23N7O/c1-11-22-16(19)15-17(23-11)25(18(26)24-15)10-14-9-20-13(8-21-14)7-3-6-12-4-2-5-12/h8-9,12H,2-7,10H2,1H3,(H,24,26)(H2,19,22,23). The minimum absolute atomic E-state index is 0.274. The summed E-state index contributed by atoms with van der Waals surface area (Å²) in [4.78, 5) is 32.3. The van der Waals surface area contributed by atoms with Gasteiger partial charge in [-0.3, -0.25) is 14.5 Å². The lowest BCUT2D eigenvalue weighted by Crippen LogP contribution is -2.18. The Morgan fingerprint density at radius 3 is 2.69 bits per heavy atom. The molecule has 1 saturated carbocycles. The van der Waals surface area contributed by atoms with E-state index in [-0.39, 0.29) is 11.5 Å². The summed E-state index contributed by atoms with van der Waals surface area (Å²) >= 11 is 0.